The summed E-state index contributed by atoms with van der Waals surface area (Å²) in [6.07, 6.45) is 6.35. The van der Waals surface area contributed by atoms with Gasteiger partial charge in [0.15, 0.2) is 0 Å². The second-order valence-corrected chi connectivity index (χ2v) is 11.7. The minimum atomic E-state index is -0.867. The molecule has 3 aromatic rings. The van der Waals surface area contributed by atoms with Crippen molar-refractivity contribution >= 4 is 11.8 Å². The van der Waals surface area contributed by atoms with Gasteiger partial charge in [-0.15, -0.1) is 0 Å². The zero-order valence-electron chi connectivity index (χ0n) is 23.4. The van der Waals surface area contributed by atoms with Crippen molar-refractivity contribution in [1.82, 2.24) is 15.3 Å². The highest BCUT2D eigenvalue weighted by Gasteiger charge is 2.35. The van der Waals surface area contributed by atoms with Crippen LogP contribution in [0.1, 0.15) is 69.6 Å². The summed E-state index contributed by atoms with van der Waals surface area (Å²) >= 11 is 0. The summed E-state index contributed by atoms with van der Waals surface area (Å²) in [5, 5.41) is 21.4. The molecule has 0 amide bonds. The molecule has 1 aromatic heterocycles. The molecule has 1 fully saturated rings. The molecule has 0 saturated heterocycles. The lowest BCUT2D eigenvalue weighted by Crippen LogP contribution is -2.51. The standard InChI is InChI=1S/C31H41F2N5O/c1-30(2,3)22-9-8-10-23(18-22)31(12-6-5-7-13-31)36-20-27(39)26(17-21-15-24(32)19-25(33)16-21)37-28-11-14-35-29(34-4)38-28/h8-11,14-16,18-19,26-27,36,39H,5-7,12-13,17,20H2,1-4H3,(H2,34,35,37,38). The second-order valence-electron chi connectivity index (χ2n) is 11.7. The molecular formula is C31H41F2N5O. The molecule has 4 rings (SSSR count). The summed E-state index contributed by atoms with van der Waals surface area (Å²) in [4.78, 5) is 8.57. The molecule has 2 aromatic carbocycles. The smallest absolute Gasteiger partial charge is 0.224 e. The minimum absolute atomic E-state index is 0.0321. The lowest BCUT2D eigenvalue weighted by Gasteiger charge is -2.41. The van der Waals surface area contributed by atoms with Crippen molar-refractivity contribution in [3.05, 3.63) is 83.1 Å². The predicted molar refractivity (Wildman–Crippen MR) is 153 cm³/mol. The SMILES string of the molecule is CNc1nccc(NC(Cc2cc(F)cc(F)c2)C(O)CNC2(c3cccc(C(C)(C)C)c3)CCCCC2)n1. The Morgan fingerprint density at radius 3 is 2.38 bits per heavy atom. The van der Waals surface area contributed by atoms with E-state index in [9.17, 15) is 13.9 Å². The molecule has 6 nitrogen and oxygen atoms in total. The van der Waals surface area contributed by atoms with Crippen molar-refractivity contribution < 1.29 is 13.9 Å². The number of anilines is 2. The van der Waals surface area contributed by atoms with E-state index in [1.54, 1.807) is 19.3 Å². The Morgan fingerprint density at radius 2 is 1.72 bits per heavy atom. The van der Waals surface area contributed by atoms with Gasteiger partial charge in [0, 0.05) is 31.4 Å². The predicted octanol–water partition coefficient (Wildman–Crippen LogP) is 5.93. The maximum absolute atomic E-state index is 14.0. The van der Waals surface area contributed by atoms with Crippen LogP contribution in [0.5, 0.6) is 0 Å². The summed E-state index contributed by atoms with van der Waals surface area (Å²) in [5.41, 5.74) is 2.77. The van der Waals surface area contributed by atoms with Gasteiger partial charge in [-0.2, -0.15) is 4.98 Å². The Hall–Kier alpha value is -3.10. The second kappa shape index (κ2) is 12.4. The van der Waals surface area contributed by atoms with Crippen LogP contribution in [0.2, 0.25) is 0 Å². The first-order chi connectivity index (χ1) is 18.6. The van der Waals surface area contributed by atoms with Gasteiger partial charge in [0.25, 0.3) is 0 Å². The summed E-state index contributed by atoms with van der Waals surface area (Å²) in [6.45, 7) is 6.96. The lowest BCUT2D eigenvalue weighted by atomic mass is 9.74. The number of hydrogen-bond acceptors (Lipinski definition) is 6. The minimum Gasteiger partial charge on any atom is -0.390 e. The van der Waals surface area contributed by atoms with Crippen molar-refractivity contribution in [3.63, 3.8) is 0 Å². The lowest BCUT2D eigenvalue weighted by molar-refractivity contribution is 0.122. The molecule has 1 aliphatic carbocycles. The quantitative estimate of drug-likeness (QED) is 0.257. The van der Waals surface area contributed by atoms with Gasteiger partial charge >= 0.3 is 0 Å². The molecular weight excluding hydrogens is 496 g/mol. The maximum atomic E-state index is 14.0. The Balaban J connectivity index is 1.59. The summed E-state index contributed by atoms with van der Waals surface area (Å²) < 4.78 is 28.0. The number of hydrogen-bond donors (Lipinski definition) is 4. The molecule has 1 heterocycles. The Kier molecular flexibility index (Phi) is 9.18. The van der Waals surface area contributed by atoms with Crippen LogP contribution in [0.4, 0.5) is 20.5 Å². The largest absolute Gasteiger partial charge is 0.390 e. The van der Waals surface area contributed by atoms with Gasteiger partial charge in [0.1, 0.15) is 17.5 Å². The Bertz CT molecular complexity index is 1220. The topological polar surface area (TPSA) is 82.1 Å². The fourth-order valence-corrected chi connectivity index (χ4v) is 5.46. The average molecular weight is 538 g/mol. The van der Waals surface area contributed by atoms with E-state index in [0.29, 0.717) is 23.9 Å². The zero-order valence-corrected chi connectivity index (χ0v) is 23.4. The summed E-state index contributed by atoms with van der Waals surface area (Å²) in [7, 11) is 1.73. The first kappa shape index (κ1) is 28.9. The van der Waals surface area contributed by atoms with E-state index >= 15 is 0 Å². The Labute approximate surface area is 230 Å². The molecule has 0 radical (unpaired) electrons. The molecule has 210 valence electrons. The zero-order chi connectivity index (χ0) is 28.0. The third-order valence-corrected chi connectivity index (χ3v) is 7.69. The van der Waals surface area contributed by atoms with Gasteiger partial charge in [0.05, 0.1) is 12.1 Å². The van der Waals surface area contributed by atoms with Crippen molar-refractivity contribution in [1.29, 1.82) is 0 Å². The maximum Gasteiger partial charge on any atom is 0.224 e. The number of aromatic nitrogens is 2. The van der Waals surface area contributed by atoms with Gasteiger partial charge in [0.2, 0.25) is 5.95 Å². The van der Waals surface area contributed by atoms with E-state index in [1.807, 2.05) is 0 Å². The third kappa shape index (κ3) is 7.51. The van der Waals surface area contributed by atoms with E-state index in [4.69, 9.17) is 0 Å². The highest BCUT2D eigenvalue weighted by molar-refractivity contribution is 5.41. The first-order valence-electron chi connectivity index (χ1n) is 13.8. The van der Waals surface area contributed by atoms with Crippen LogP contribution in [0.3, 0.4) is 0 Å². The van der Waals surface area contributed by atoms with Crippen LogP contribution < -0.4 is 16.0 Å². The fraction of sp³-hybridized carbons (Fsp3) is 0.484. The number of nitrogens with zero attached hydrogens (tertiary/aromatic N) is 2. The van der Waals surface area contributed by atoms with Gasteiger partial charge in [-0.05, 0) is 59.6 Å². The van der Waals surface area contributed by atoms with E-state index in [1.165, 1.54) is 29.7 Å². The number of nitrogens with one attached hydrogen (secondary N) is 3. The van der Waals surface area contributed by atoms with Gasteiger partial charge in [-0.25, -0.2) is 13.8 Å². The molecule has 0 spiro atoms. The molecule has 4 N–H and O–H groups in total. The van der Waals surface area contributed by atoms with Crippen LogP contribution in [-0.4, -0.2) is 40.8 Å². The molecule has 8 heteroatoms. The van der Waals surface area contributed by atoms with Crippen molar-refractivity contribution in [2.75, 3.05) is 24.2 Å². The van der Waals surface area contributed by atoms with Crippen molar-refractivity contribution in [2.24, 2.45) is 0 Å². The third-order valence-electron chi connectivity index (χ3n) is 7.69. The van der Waals surface area contributed by atoms with Crippen LogP contribution in [0.25, 0.3) is 0 Å². The molecule has 1 saturated carbocycles. The number of benzene rings is 2. The van der Waals surface area contributed by atoms with Crippen LogP contribution in [-0.2, 0) is 17.4 Å². The molecule has 2 atom stereocenters. The van der Waals surface area contributed by atoms with Crippen LogP contribution in [0, 0.1) is 11.6 Å². The number of aliphatic hydroxyl groups excluding tert-OH is 1. The van der Waals surface area contributed by atoms with E-state index in [-0.39, 0.29) is 17.4 Å². The number of aliphatic hydroxyl groups is 1. The normalized spacial score (nSPS) is 16.9. The fourth-order valence-electron chi connectivity index (χ4n) is 5.46. The molecule has 2 unspecified atom stereocenters. The molecule has 0 bridgehead atoms. The molecule has 1 aliphatic rings. The van der Waals surface area contributed by atoms with Gasteiger partial charge in [-0.3, -0.25) is 0 Å². The van der Waals surface area contributed by atoms with Crippen molar-refractivity contribution in [2.45, 2.75) is 82.4 Å². The number of rotatable bonds is 10. The van der Waals surface area contributed by atoms with Gasteiger partial charge < -0.3 is 21.1 Å². The molecule has 39 heavy (non-hydrogen) atoms. The van der Waals surface area contributed by atoms with E-state index in [0.717, 1.165) is 31.7 Å². The van der Waals surface area contributed by atoms with Crippen LogP contribution in [0.15, 0.2) is 54.7 Å². The van der Waals surface area contributed by atoms with E-state index < -0.39 is 23.8 Å². The van der Waals surface area contributed by atoms with Crippen LogP contribution >= 0.6 is 0 Å². The highest BCUT2D eigenvalue weighted by atomic mass is 19.1. The number of halogens is 2. The monoisotopic (exact) mass is 537 g/mol. The highest BCUT2D eigenvalue weighted by Crippen LogP contribution is 2.38. The molecule has 0 aliphatic heterocycles. The summed E-state index contributed by atoms with van der Waals surface area (Å²) in [5.74, 6) is -0.338. The van der Waals surface area contributed by atoms with Gasteiger partial charge in [-0.1, -0.05) is 64.3 Å². The average Bonchev–Trinajstić information content (AvgIpc) is 2.91. The first-order valence-corrected chi connectivity index (χ1v) is 13.8. The van der Waals surface area contributed by atoms with Crippen molar-refractivity contribution in [3.8, 4) is 0 Å². The van der Waals surface area contributed by atoms with E-state index in [2.05, 4.69) is 71.0 Å². The Morgan fingerprint density at radius 1 is 1.00 bits per heavy atom. The summed E-state index contributed by atoms with van der Waals surface area (Å²) in [6, 6.07) is 13.4.